The molecule has 4 heteroatoms. The van der Waals surface area contributed by atoms with Gasteiger partial charge in [0.2, 0.25) is 0 Å². The molecule has 0 saturated heterocycles. The molecule has 0 spiro atoms. The number of nitrogens with two attached hydrogens (primary N) is 1. The monoisotopic (exact) mass is 418 g/mol. The van der Waals surface area contributed by atoms with Crippen molar-refractivity contribution in [2.75, 3.05) is 0 Å². The van der Waals surface area contributed by atoms with Gasteiger partial charge in [0.1, 0.15) is 0 Å². The Morgan fingerprint density at radius 2 is 1.08 bits per heavy atom. The van der Waals surface area contributed by atoms with Crippen LogP contribution in [0.3, 0.4) is 0 Å². The van der Waals surface area contributed by atoms with Gasteiger partial charge in [-0.1, -0.05) is 6.92 Å². The molecule has 0 aromatic carbocycles. The summed E-state index contributed by atoms with van der Waals surface area (Å²) in [5, 5.41) is 0. The van der Waals surface area contributed by atoms with E-state index in [-0.39, 0.29) is 129 Å². The van der Waals surface area contributed by atoms with Gasteiger partial charge in [-0.2, -0.15) is 13.3 Å². The van der Waals surface area contributed by atoms with Crippen LogP contribution in [0.15, 0.2) is 0 Å². The van der Waals surface area contributed by atoms with E-state index in [1.807, 2.05) is 6.92 Å². The Balaban J connectivity index is -0.00000000119. The van der Waals surface area contributed by atoms with Gasteiger partial charge in [0.05, 0.1) is 0 Å². The molecule has 0 saturated carbocycles. The maximum atomic E-state index is 5.50. The van der Waals surface area contributed by atoms with Gasteiger partial charge in [-0.15, -0.1) is 0 Å². The van der Waals surface area contributed by atoms with Crippen LogP contribution in [0.1, 0.15) is 24.5 Å². The maximum absolute atomic E-state index is 5.50. The van der Waals surface area contributed by atoms with Crippen LogP contribution < -0.4 is 0 Å². The molecule has 0 aliphatic rings. The molecule has 0 aromatic rings. The van der Waals surface area contributed by atoms with Gasteiger partial charge in [0.15, 0.2) is 0 Å². The van der Waals surface area contributed by atoms with Crippen LogP contribution in [-0.4, -0.2) is 0 Å². The summed E-state index contributed by atoms with van der Waals surface area (Å²) in [6, 6.07) is 0. The van der Waals surface area contributed by atoms with E-state index >= 15 is 0 Å². The summed E-state index contributed by atoms with van der Waals surface area (Å²) in [4.78, 5) is 0. The molecule has 0 amide bonds. The third-order valence-electron chi connectivity index (χ3n) is 0. The fourth-order valence-corrected chi connectivity index (χ4v) is 0. The molecule has 85 valence electrons. The molecule has 0 rings (SSSR count). The second-order valence-corrected chi connectivity index (χ2v) is 0.500. The molecule has 1 nitrogen and oxygen atoms in total. The Bertz CT molecular complexity index is 26.0. The second kappa shape index (κ2) is 170. The van der Waals surface area contributed by atoms with E-state index in [2.05, 4.69) is 21.3 Å². The minimum atomic E-state index is 0. The number of hydrogen-bond donors (Lipinski definition) is 0. The zero-order valence-corrected chi connectivity index (χ0v) is 18.7. The van der Waals surface area contributed by atoms with Crippen LogP contribution in [0.4, 0.5) is 0 Å². The fourth-order valence-electron chi connectivity index (χ4n) is 0. The third-order valence-corrected chi connectivity index (χ3v) is 0. The predicted octanol–water partition coefficient (Wildman–Crippen LogP) is 4.81. The zero-order chi connectivity index (χ0) is 6.71. The van der Waals surface area contributed by atoms with Crippen LogP contribution in [0.5, 0.6) is 0 Å². The van der Waals surface area contributed by atoms with E-state index in [0.29, 0.717) is 0 Å². The third kappa shape index (κ3) is 251. The molecule has 0 aliphatic carbocycles. The largest absolute Gasteiger partial charge is 1.00 e. The van der Waals surface area contributed by atoms with Crippen LogP contribution in [-0.2, 0) is 98.1 Å². The van der Waals surface area contributed by atoms with Crippen molar-refractivity contribution in [3.8, 4) is 0 Å². The van der Waals surface area contributed by atoms with Gasteiger partial charge >= 0.3 is 1.43 Å². The molecule has 0 heterocycles. The minimum absolute atomic E-state index is 0. The van der Waals surface area contributed by atoms with E-state index in [9.17, 15) is 0 Å². The number of rotatable bonds is 0. The summed E-state index contributed by atoms with van der Waals surface area (Å²) in [6.07, 6.45) is 1.00. The van der Waals surface area contributed by atoms with Gasteiger partial charge in [-0.25, -0.2) is 1.37 Å². The average Bonchev–Trinajstić information content (AvgIpc) is 1.78. The van der Waals surface area contributed by atoms with Gasteiger partial charge in [-0.05, 0) is 0 Å². The first-order valence-corrected chi connectivity index (χ1v) is 1.91. The first-order valence-electron chi connectivity index (χ1n) is 2.62. The summed E-state index contributed by atoms with van der Waals surface area (Å²) in [5.74, 6) is 0. The van der Waals surface area contributed by atoms with Crippen molar-refractivity contribution >= 4 is 0 Å². The SMILES string of the molecule is [2H][CH2-].[CH2-]C.[CH2-]CC.[CH3-].[CH3-].[CH3-].[H+].[H-].[NH2-].[Y].[Y].[Y]. The standard InChI is InChI=1S/C3H7.C2H5.4CH3.H2N.3Y.H/c1-3-2;1-2;;;;;;;;;/h1,3H2,2H3;1H2,2H3;4*1H3;1H2;;;;/q7*-1;;;;-1/p+1/i;;1D;;;;;;;;. The van der Waals surface area contributed by atoms with Gasteiger partial charge in [0, 0.05) is 98.1 Å². The van der Waals surface area contributed by atoms with Crippen LogP contribution >= 0.6 is 0 Å². The Morgan fingerprint density at radius 1 is 1.08 bits per heavy atom. The molecule has 0 aliphatic heterocycles. The smallest absolute Gasteiger partial charge is 1.00 e. The molecule has 0 aromatic heterocycles. The van der Waals surface area contributed by atoms with Gasteiger partial charge in [0.25, 0.3) is 0 Å². The molecule has 0 unspecified atom stereocenters. The van der Waals surface area contributed by atoms with Crippen molar-refractivity contribution in [3.05, 3.63) is 49.7 Å². The predicted molar refractivity (Wildman–Crippen MR) is 59.8 cm³/mol. The van der Waals surface area contributed by atoms with Crippen molar-refractivity contribution < 1.29 is 102 Å². The topological polar surface area (TPSA) is 33.5 Å². The van der Waals surface area contributed by atoms with Crippen LogP contribution in [0.25, 0.3) is 6.15 Å². The van der Waals surface area contributed by atoms with Crippen molar-refractivity contribution in [1.82, 2.24) is 0 Å². The van der Waals surface area contributed by atoms with E-state index in [0.717, 1.165) is 6.42 Å². The zero-order valence-electron chi connectivity index (χ0n) is 13.1. The van der Waals surface area contributed by atoms with Crippen LogP contribution in [0, 0.1) is 43.5 Å². The van der Waals surface area contributed by atoms with Crippen molar-refractivity contribution in [2.24, 2.45) is 0 Å². The fraction of sp³-hybridized carbons (Fsp3) is 0.333. The first kappa shape index (κ1) is 71.8. The van der Waals surface area contributed by atoms with Crippen LogP contribution in [0.2, 0.25) is 0 Å². The summed E-state index contributed by atoms with van der Waals surface area (Å²) in [7, 11) is 2.50. The van der Waals surface area contributed by atoms with E-state index < -0.39 is 0 Å². The van der Waals surface area contributed by atoms with Crippen molar-refractivity contribution in [2.45, 2.75) is 20.3 Å². The molecule has 13 heavy (non-hydrogen) atoms. The van der Waals surface area contributed by atoms with Gasteiger partial charge in [-0.3, -0.25) is 0 Å². The normalized spacial score (nSPS) is 2.38. The molecule has 0 fully saturated rings. The molecular weight excluding hydrogens is 389 g/mol. The summed E-state index contributed by atoms with van der Waals surface area (Å²) >= 11 is 0. The number of hydrogen-bond acceptors (Lipinski definition) is 0. The Labute approximate surface area is 169 Å². The first-order chi connectivity index (χ1) is 3.41. The Morgan fingerprint density at radius 3 is 1.08 bits per heavy atom. The van der Waals surface area contributed by atoms with Gasteiger partial charge < -0.3 is 51.1 Å². The molecule has 0 atom stereocenters. The second-order valence-electron chi connectivity index (χ2n) is 0.500. The summed E-state index contributed by atoms with van der Waals surface area (Å²) in [6.45, 7) is 10.5. The summed E-state index contributed by atoms with van der Waals surface area (Å²) < 4.78 is 5.50. The van der Waals surface area contributed by atoms with E-state index in [1.165, 1.54) is 0 Å². The Kier molecular flexibility index (Phi) is 941. The Hall–Kier alpha value is 3.27. The quantitative estimate of drug-likeness (QED) is 0.507. The molecule has 3 radical (unpaired) electrons. The molecular formula is C9H28NY3-7. The van der Waals surface area contributed by atoms with E-state index in [4.69, 9.17) is 1.37 Å². The minimum Gasteiger partial charge on any atom is -1.00 e. The van der Waals surface area contributed by atoms with E-state index in [1.54, 1.807) is 6.92 Å². The average molecular weight is 418 g/mol. The summed E-state index contributed by atoms with van der Waals surface area (Å²) in [5.41, 5.74) is 0. The molecule has 2 N–H and O–H groups in total. The maximum Gasteiger partial charge on any atom is 1.00 e. The molecule has 0 bridgehead atoms. The van der Waals surface area contributed by atoms with Crippen molar-refractivity contribution in [3.63, 3.8) is 0 Å². The van der Waals surface area contributed by atoms with Crippen molar-refractivity contribution in [1.29, 1.82) is 0 Å².